The number of aromatic nitrogens is 2. The molecule has 2 rings (SSSR count). The molecule has 2 N–H and O–H groups in total. The first kappa shape index (κ1) is 10.6. The van der Waals surface area contributed by atoms with Gasteiger partial charge in [-0.25, -0.2) is 9.97 Å². The summed E-state index contributed by atoms with van der Waals surface area (Å²) in [4.78, 5) is 8.06. The Morgan fingerprint density at radius 1 is 1.33 bits per heavy atom. The SMILES string of the molecule is CC1CCCC(C(N)c2cncnc2)C1. The van der Waals surface area contributed by atoms with Crippen molar-refractivity contribution in [3.05, 3.63) is 24.3 Å². The van der Waals surface area contributed by atoms with Crippen molar-refractivity contribution < 1.29 is 0 Å². The molecule has 1 aromatic rings. The fraction of sp³-hybridized carbons (Fsp3) is 0.667. The van der Waals surface area contributed by atoms with Crippen LogP contribution in [0.5, 0.6) is 0 Å². The zero-order chi connectivity index (χ0) is 10.7. The summed E-state index contributed by atoms with van der Waals surface area (Å²) in [7, 11) is 0. The second-order valence-electron chi connectivity index (χ2n) is 4.73. The van der Waals surface area contributed by atoms with E-state index in [2.05, 4.69) is 16.9 Å². The van der Waals surface area contributed by atoms with E-state index >= 15 is 0 Å². The molecule has 1 aromatic heterocycles. The molecule has 0 spiro atoms. The third-order valence-electron chi connectivity index (χ3n) is 3.45. The average molecular weight is 205 g/mol. The van der Waals surface area contributed by atoms with Gasteiger partial charge in [-0.05, 0) is 24.7 Å². The van der Waals surface area contributed by atoms with Crippen molar-refractivity contribution in [3.63, 3.8) is 0 Å². The van der Waals surface area contributed by atoms with Gasteiger partial charge in [-0.2, -0.15) is 0 Å². The molecule has 3 nitrogen and oxygen atoms in total. The molecule has 0 saturated heterocycles. The van der Waals surface area contributed by atoms with Crippen LogP contribution in [0.25, 0.3) is 0 Å². The van der Waals surface area contributed by atoms with Crippen molar-refractivity contribution in [1.29, 1.82) is 0 Å². The van der Waals surface area contributed by atoms with Gasteiger partial charge in [-0.1, -0.05) is 19.8 Å². The van der Waals surface area contributed by atoms with E-state index in [1.807, 2.05) is 12.4 Å². The first-order chi connectivity index (χ1) is 7.27. The van der Waals surface area contributed by atoms with Crippen LogP contribution in [0.3, 0.4) is 0 Å². The molecule has 0 bridgehead atoms. The van der Waals surface area contributed by atoms with Crippen LogP contribution in [0.1, 0.15) is 44.2 Å². The molecule has 1 heterocycles. The third kappa shape index (κ3) is 2.53. The van der Waals surface area contributed by atoms with Gasteiger partial charge in [0.1, 0.15) is 6.33 Å². The standard InChI is InChI=1S/C12H19N3/c1-9-3-2-4-10(5-9)12(13)11-6-14-8-15-7-11/h6-10,12H,2-5,13H2,1H3. The summed E-state index contributed by atoms with van der Waals surface area (Å²) in [5, 5.41) is 0. The van der Waals surface area contributed by atoms with Gasteiger partial charge in [0.15, 0.2) is 0 Å². The first-order valence-electron chi connectivity index (χ1n) is 5.78. The predicted octanol–water partition coefficient (Wildman–Crippen LogP) is 2.30. The highest BCUT2D eigenvalue weighted by Gasteiger charge is 2.25. The summed E-state index contributed by atoms with van der Waals surface area (Å²) in [6.07, 6.45) is 10.4. The molecule has 1 aliphatic rings. The summed E-state index contributed by atoms with van der Waals surface area (Å²) in [6, 6.07) is 0.119. The topological polar surface area (TPSA) is 51.8 Å². The number of rotatable bonds is 2. The average Bonchev–Trinajstić information content (AvgIpc) is 2.29. The minimum absolute atomic E-state index is 0.119. The molecular formula is C12H19N3. The first-order valence-corrected chi connectivity index (χ1v) is 5.78. The quantitative estimate of drug-likeness (QED) is 0.806. The van der Waals surface area contributed by atoms with Crippen molar-refractivity contribution >= 4 is 0 Å². The van der Waals surface area contributed by atoms with E-state index in [1.54, 1.807) is 6.33 Å². The zero-order valence-corrected chi connectivity index (χ0v) is 9.26. The monoisotopic (exact) mass is 205 g/mol. The molecule has 0 aliphatic heterocycles. The summed E-state index contributed by atoms with van der Waals surface area (Å²) < 4.78 is 0. The maximum atomic E-state index is 6.25. The molecule has 0 aromatic carbocycles. The molecule has 0 amide bonds. The number of hydrogen-bond donors (Lipinski definition) is 1. The van der Waals surface area contributed by atoms with E-state index in [-0.39, 0.29) is 6.04 Å². The van der Waals surface area contributed by atoms with Crippen LogP contribution in [0.15, 0.2) is 18.7 Å². The molecule has 1 saturated carbocycles. The van der Waals surface area contributed by atoms with Crippen LogP contribution in [0.4, 0.5) is 0 Å². The van der Waals surface area contributed by atoms with E-state index < -0.39 is 0 Å². The molecular weight excluding hydrogens is 186 g/mol. The Balaban J connectivity index is 2.04. The minimum Gasteiger partial charge on any atom is -0.324 e. The summed E-state index contributed by atoms with van der Waals surface area (Å²) >= 11 is 0. The maximum absolute atomic E-state index is 6.25. The van der Waals surface area contributed by atoms with E-state index in [0.717, 1.165) is 11.5 Å². The number of nitrogens with two attached hydrogens (primary N) is 1. The Labute approximate surface area is 91.1 Å². The lowest BCUT2D eigenvalue weighted by atomic mass is 9.77. The molecule has 0 radical (unpaired) electrons. The van der Waals surface area contributed by atoms with E-state index in [4.69, 9.17) is 5.73 Å². The van der Waals surface area contributed by atoms with Gasteiger partial charge in [0.25, 0.3) is 0 Å². The van der Waals surface area contributed by atoms with Crippen molar-refractivity contribution in [3.8, 4) is 0 Å². The Morgan fingerprint density at radius 3 is 2.73 bits per heavy atom. The highest BCUT2D eigenvalue weighted by Crippen LogP contribution is 2.35. The Bertz CT molecular complexity index is 299. The van der Waals surface area contributed by atoms with Crippen LogP contribution in [-0.4, -0.2) is 9.97 Å². The number of nitrogens with zero attached hydrogens (tertiary/aromatic N) is 2. The molecule has 3 atom stereocenters. The largest absolute Gasteiger partial charge is 0.324 e. The van der Waals surface area contributed by atoms with E-state index in [1.165, 1.54) is 25.7 Å². The lowest BCUT2D eigenvalue weighted by molar-refractivity contribution is 0.247. The normalized spacial score (nSPS) is 28.7. The number of hydrogen-bond acceptors (Lipinski definition) is 3. The van der Waals surface area contributed by atoms with Crippen molar-refractivity contribution in [1.82, 2.24) is 9.97 Å². The van der Waals surface area contributed by atoms with Gasteiger partial charge in [-0.15, -0.1) is 0 Å². The van der Waals surface area contributed by atoms with Crippen molar-refractivity contribution in [2.75, 3.05) is 0 Å². The van der Waals surface area contributed by atoms with E-state index in [0.29, 0.717) is 5.92 Å². The Hall–Kier alpha value is -0.960. The highest BCUT2D eigenvalue weighted by molar-refractivity contribution is 5.10. The van der Waals surface area contributed by atoms with Gasteiger partial charge in [-0.3, -0.25) is 0 Å². The van der Waals surface area contributed by atoms with Crippen molar-refractivity contribution in [2.24, 2.45) is 17.6 Å². The lowest BCUT2D eigenvalue weighted by Crippen LogP contribution is -2.26. The maximum Gasteiger partial charge on any atom is 0.115 e. The predicted molar refractivity (Wildman–Crippen MR) is 60.1 cm³/mol. The minimum atomic E-state index is 0.119. The second-order valence-corrected chi connectivity index (χ2v) is 4.73. The lowest BCUT2D eigenvalue weighted by Gasteiger charge is -2.31. The van der Waals surface area contributed by atoms with Gasteiger partial charge < -0.3 is 5.73 Å². The summed E-state index contributed by atoms with van der Waals surface area (Å²) in [5.74, 6) is 1.43. The molecule has 15 heavy (non-hydrogen) atoms. The van der Waals surface area contributed by atoms with Gasteiger partial charge in [0.2, 0.25) is 0 Å². The van der Waals surface area contributed by atoms with Crippen molar-refractivity contribution in [2.45, 2.75) is 38.6 Å². The fourth-order valence-corrected chi connectivity index (χ4v) is 2.56. The Morgan fingerprint density at radius 2 is 2.07 bits per heavy atom. The van der Waals surface area contributed by atoms with Crippen LogP contribution in [0, 0.1) is 11.8 Å². The third-order valence-corrected chi connectivity index (χ3v) is 3.45. The van der Waals surface area contributed by atoms with Crippen LogP contribution >= 0.6 is 0 Å². The second kappa shape index (κ2) is 4.71. The van der Waals surface area contributed by atoms with Crippen LogP contribution in [-0.2, 0) is 0 Å². The molecule has 82 valence electrons. The van der Waals surface area contributed by atoms with Gasteiger partial charge in [0, 0.05) is 24.0 Å². The molecule has 3 heteroatoms. The summed E-state index contributed by atoms with van der Waals surface area (Å²) in [6.45, 7) is 2.32. The highest BCUT2D eigenvalue weighted by atomic mass is 14.8. The molecule has 3 unspecified atom stereocenters. The Kier molecular flexibility index (Phi) is 3.31. The van der Waals surface area contributed by atoms with E-state index in [9.17, 15) is 0 Å². The van der Waals surface area contributed by atoms with Crippen LogP contribution in [0.2, 0.25) is 0 Å². The zero-order valence-electron chi connectivity index (χ0n) is 9.26. The summed E-state index contributed by atoms with van der Waals surface area (Å²) in [5.41, 5.74) is 7.33. The van der Waals surface area contributed by atoms with Gasteiger partial charge >= 0.3 is 0 Å². The van der Waals surface area contributed by atoms with Crippen LogP contribution < -0.4 is 5.73 Å². The molecule has 1 fully saturated rings. The molecule has 1 aliphatic carbocycles. The van der Waals surface area contributed by atoms with Gasteiger partial charge in [0.05, 0.1) is 0 Å². The fourth-order valence-electron chi connectivity index (χ4n) is 2.56. The smallest absolute Gasteiger partial charge is 0.115 e.